The van der Waals surface area contributed by atoms with E-state index in [1.165, 1.54) is 19.3 Å². The molecule has 3 nitrogen and oxygen atoms in total. The summed E-state index contributed by atoms with van der Waals surface area (Å²) < 4.78 is 11.8. The number of aliphatic hydroxyl groups excluding tert-OH is 1. The summed E-state index contributed by atoms with van der Waals surface area (Å²) in [5.41, 5.74) is 2.28. The Morgan fingerprint density at radius 2 is 1.67 bits per heavy atom. The number of para-hydroxylation sites is 1. The molecule has 0 saturated carbocycles. The lowest BCUT2D eigenvalue weighted by atomic mass is 10.0. The van der Waals surface area contributed by atoms with Crippen LogP contribution in [0.15, 0.2) is 54.6 Å². The molecule has 27 heavy (non-hydrogen) atoms. The molecule has 0 bridgehead atoms. The summed E-state index contributed by atoms with van der Waals surface area (Å²) in [6.07, 6.45) is 5.55. The maximum atomic E-state index is 10.5. The number of rotatable bonds is 13. The molecule has 0 spiro atoms. The largest absolute Gasteiger partial charge is 0.493 e. The van der Waals surface area contributed by atoms with Crippen molar-refractivity contribution in [3.63, 3.8) is 0 Å². The maximum Gasteiger partial charge on any atom is 0.122 e. The second-order valence-corrected chi connectivity index (χ2v) is 7.12. The summed E-state index contributed by atoms with van der Waals surface area (Å²) in [6.45, 7) is 5.43. The van der Waals surface area contributed by atoms with E-state index in [1.54, 1.807) is 0 Å². The Labute approximate surface area is 164 Å². The Bertz CT molecular complexity index is 627. The number of benzene rings is 2. The van der Waals surface area contributed by atoms with Crippen LogP contribution in [0.3, 0.4) is 0 Å². The molecule has 0 aliphatic carbocycles. The minimum absolute atomic E-state index is 0.202. The number of aliphatic hydroxyl groups is 1. The minimum atomic E-state index is -0.494. The SMILES string of the molecule is CCCCCCOc1ccccc1CC[C@H](O)[C@H](C)OCc1ccccc1. The molecule has 2 rings (SSSR count). The molecule has 148 valence electrons. The molecule has 0 aliphatic rings. The summed E-state index contributed by atoms with van der Waals surface area (Å²) in [7, 11) is 0. The highest BCUT2D eigenvalue weighted by atomic mass is 16.5. The fourth-order valence-corrected chi connectivity index (χ4v) is 3.01. The minimum Gasteiger partial charge on any atom is -0.493 e. The highest BCUT2D eigenvalue weighted by Crippen LogP contribution is 2.21. The quantitative estimate of drug-likeness (QED) is 0.470. The molecule has 0 unspecified atom stereocenters. The molecule has 2 aromatic rings. The van der Waals surface area contributed by atoms with Gasteiger partial charge in [0.15, 0.2) is 0 Å². The van der Waals surface area contributed by atoms with E-state index >= 15 is 0 Å². The lowest BCUT2D eigenvalue weighted by Gasteiger charge is -2.20. The lowest BCUT2D eigenvalue weighted by molar-refractivity contribution is -0.0377. The van der Waals surface area contributed by atoms with Gasteiger partial charge in [0.05, 0.1) is 25.4 Å². The van der Waals surface area contributed by atoms with Crippen LogP contribution in [0.4, 0.5) is 0 Å². The van der Waals surface area contributed by atoms with Crippen LogP contribution >= 0.6 is 0 Å². The highest BCUT2D eigenvalue weighted by Gasteiger charge is 2.16. The molecule has 0 amide bonds. The second-order valence-electron chi connectivity index (χ2n) is 7.12. The predicted molar refractivity (Wildman–Crippen MR) is 111 cm³/mol. The normalized spacial score (nSPS) is 13.3. The monoisotopic (exact) mass is 370 g/mol. The molecular weight excluding hydrogens is 336 g/mol. The first-order valence-electron chi connectivity index (χ1n) is 10.2. The zero-order chi connectivity index (χ0) is 19.3. The van der Waals surface area contributed by atoms with Gasteiger partial charge in [0.2, 0.25) is 0 Å². The van der Waals surface area contributed by atoms with Gasteiger partial charge in [-0.15, -0.1) is 0 Å². The van der Waals surface area contributed by atoms with E-state index in [0.717, 1.165) is 36.3 Å². The molecule has 0 aliphatic heterocycles. The van der Waals surface area contributed by atoms with Gasteiger partial charge in [0, 0.05) is 0 Å². The number of aryl methyl sites for hydroxylation is 1. The van der Waals surface area contributed by atoms with Gasteiger partial charge in [0.25, 0.3) is 0 Å². The Hall–Kier alpha value is -1.84. The van der Waals surface area contributed by atoms with E-state index in [4.69, 9.17) is 9.47 Å². The van der Waals surface area contributed by atoms with Crippen LogP contribution in [0.25, 0.3) is 0 Å². The van der Waals surface area contributed by atoms with Crippen LogP contribution in [0.1, 0.15) is 57.1 Å². The first-order chi connectivity index (χ1) is 13.2. The third kappa shape index (κ3) is 8.15. The molecule has 2 aromatic carbocycles. The molecule has 0 aromatic heterocycles. The van der Waals surface area contributed by atoms with Crippen LogP contribution < -0.4 is 4.74 Å². The van der Waals surface area contributed by atoms with E-state index in [9.17, 15) is 5.11 Å². The zero-order valence-electron chi connectivity index (χ0n) is 16.8. The Morgan fingerprint density at radius 1 is 0.926 bits per heavy atom. The van der Waals surface area contributed by atoms with Crippen molar-refractivity contribution in [3.8, 4) is 5.75 Å². The molecule has 0 heterocycles. The van der Waals surface area contributed by atoms with E-state index in [2.05, 4.69) is 13.0 Å². The van der Waals surface area contributed by atoms with Crippen molar-refractivity contribution in [2.45, 2.75) is 71.2 Å². The number of unbranched alkanes of at least 4 members (excludes halogenated alkanes) is 3. The van der Waals surface area contributed by atoms with Gasteiger partial charge in [-0.25, -0.2) is 0 Å². The standard InChI is InChI=1S/C24H34O3/c1-3-4-5-11-18-26-24-15-10-9-14-22(24)16-17-23(25)20(2)27-19-21-12-7-6-8-13-21/h6-10,12-15,20,23,25H,3-5,11,16-19H2,1-2H3/t20-,23-/m0/s1. The number of ether oxygens (including phenoxy) is 2. The van der Waals surface area contributed by atoms with Gasteiger partial charge in [-0.1, -0.05) is 74.7 Å². The van der Waals surface area contributed by atoms with Crippen molar-refractivity contribution in [2.24, 2.45) is 0 Å². The third-order valence-electron chi connectivity index (χ3n) is 4.84. The van der Waals surface area contributed by atoms with E-state index < -0.39 is 6.10 Å². The lowest BCUT2D eigenvalue weighted by Crippen LogP contribution is -2.26. The van der Waals surface area contributed by atoms with Gasteiger partial charge in [-0.3, -0.25) is 0 Å². The summed E-state index contributed by atoms with van der Waals surface area (Å²) in [6, 6.07) is 18.2. The van der Waals surface area contributed by atoms with Crippen molar-refractivity contribution >= 4 is 0 Å². The van der Waals surface area contributed by atoms with Crippen LogP contribution in [0.5, 0.6) is 5.75 Å². The fourth-order valence-electron chi connectivity index (χ4n) is 3.01. The highest BCUT2D eigenvalue weighted by molar-refractivity contribution is 5.33. The topological polar surface area (TPSA) is 38.7 Å². The fraction of sp³-hybridized carbons (Fsp3) is 0.500. The van der Waals surface area contributed by atoms with E-state index in [0.29, 0.717) is 13.0 Å². The van der Waals surface area contributed by atoms with Crippen LogP contribution in [-0.4, -0.2) is 23.9 Å². The third-order valence-corrected chi connectivity index (χ3v) is 4.84. The molecule has 0 radical (unpaired) electrons. The molecule has 2 atom stereocenters. The first-order valence-corrected chi connectivity index (χ1v) is 10.2. The average molecular weight is 371 g/mol. The van der Waals surface area contributed by atoms with E-state index in [-0.39, 0.29) is 6.10 Å². The Kier molecular flexibility index (Phi) is 9.96. The van der Waals surface area contributed by atoms with Crippen LogP contribution in [-0.2, 0) is 17.8 Å². The van der Waals surface area contributed by atoms with Gasteiger partial charge in [0.1, 0.15) is 5.75 Å². The smallest absolute Gasteiger partial charge is 0.122 e. The Morgan fingerprint density at radius 3 is 2.44 bits per heavy atom. The number of hydrogen-bond acceptors (Lipinski definition) is 3. The summed E-state index contributed by atoms with van der Waals surface area (Å²) in [5.74, 6) is 0.944. The average Bonchev–Trinajstić information content (AvgIpc) is 2.71. The van der Waals surface area contributed by atoms with Gasteiger partial charge in [-0.2, -0.15) is 0 Å². The van der Waals surface area contributed by atoms with Crippen LogP contribution in [0, 0.1) is 0 Å². The maximum absolute atomic E-state index is 10.5. The van der Waals surface area contributed by atoms with Crippen LogP contribution in [0.2, 0.25) is 0 Å². The van der Waals surface area contributed by atoms with Crippen molar-refractivity contribution in [2.75, 3.05) is 6.61 Å². The van der Waals surface area contributed by atoms with Crippen molar-refractivity contribution in [1.82, 2.24) is 0 Å². The second kappa shape index (κ2) is 12.5. The van der Waals surface area contributed by atoms with Crippen molar-refractivity contribution in [3.05, 3.63) is 65.7 Å². The van der Waals surface area contributed by atoms with E-state index in [1.807, 2.05) is 55.5 Å². The molecule has 0 saturated heterocycles. The van der Waals surface area contributed by atoms with Gasteiger partial charge < -0.3 is 14.6 Å². The summed E-state index contributed by atoms with van der Waals surface area (Å²) >= 11 is 0. The molecule has 0 fully saturated rings. The summed E-state index contributed by atoms with van der Waals surface area (Å²) in [5, 5.41) is 10.5. The molecule has 3 heteroatoms. The first kappa shape index (κ1) is 21.5. The zero-order valence-corrected chi connectivity index (χ0v) is 16.8. The summed E-state index contributed by atoms with van der Waals surface area (Å²) in [4.78, 5) is 0. The van der Waals surface area contributed by atoms with Crippen molar-refractivity contribution < 1.29 is 14.6 Å². The van der Waals surface area contributed by atoms with Gasteiger partial charge in [-0.05, 0) is 43.4 Å². The Balaban J connectivity index is 1.75. The van der Waals surface area contributed by atoms with Crippen molar-refractivity contribution in [1.29, 1.82) is 0 Å². The molecular formula is C24H34O3. The van der Waals surface area contributed by atoms with Gasteiger partial charge >= 0.3 is 0 Å². The number of hydrogen-bond donors (Lipinski definition) is 1. The predicted octanol–water partition coefficient (Wildman–Crippen LogP) is 5.54. The molecule has 1 N–H and O–H groups in total.